The highest BCUT2D eigenvalue weighted by Crippen LogP contribution is 2.34. The van der Waals surface area contributed by atoms with Crippen molar-refractivity contribution in [2.45, 2.75) is 13.8 Å². The maximum atomic E-state index is 12.0. The maximum absolute atomic E-state index is 12.0. The molecule has 0 unspecified atom stereocenters. The zero-order valence-corrected chi connectivity index (χ0v) is 14.6. The third-order valence-electron chi connectivity index (χ3n) is 3.16. The fraction of sp³-hybridized carbons (Fsp3) is 0.176. The van der Waals surface area contributed by atoms with Gasteiger partial charge in [-0.05, 0) is 49.2 Å². The van der Waals surface area contributed by atoms with Gasteiger partial charge in [0.1, 0.15) is 0 Å². The second-order valence-corrected chi connectivity index (χ2v) is 5.76. The highest BCUT2D eigenvalue weighted by atomic mass is 35.5. The van der Waals surface area contributed by atoms with E-state index in [4.69, 9.17) is 27.9 Å². The molecule has 2 aromatic rings. The van der Waals surface area contributed by atoms with Gasteiger partial charge in [0, 0.05) is 10.6 Å². The van der Waals surface area contributed by atoms with Crippen LogP contribution in [0.4, 0.5) is 0 Å². The van der Waals surface area contributed by atoms with E-state index in [2.05, 4.69) is 10.5 Å². The van der Waals surface area contributed by atoms with Crippen LogP contribution in [0.5, 0.6) is 11.5 Å². The number of carbonyl (C=O) groups excluding carboxylic acids is 1. The Hall–Kier alpha value is -2.24. The molecule has 2 aromatic carbocycles. The number of aryl methyl sites for hydroxylation is 1. The van der Waals surface area contributed by atoms with E-state index in [0.29, 0.717) is 22.8 Å². The third kappa shape index (κ3) is 4.40. The van der Waals surface area contributed by atoms with E-state index in [-0.39, 0.29) is 22.4 Å². The fourth-order valence-corrected chi connectivity index (χ4v) is 2.30. The summed E-state index contributed by atoms with van der Waals surface area (Å²) in [4.78, 5) is 12.0. The van der Waals surface area contributed by atoms with Crippen molar-refractivity contribution < 1.29 is 14.6 Å². The van der Waals surface area contributed by atoms with Crippen molar-refractivity contribution in [2.24, 2.45) is 5.10 Å². The first-order valence-electron chi connectivity index (χ1n) is 7.17. The SMILES string of the molecule is CCOc1cc(/C=N\NC(=O)c2ccc(C)c(Cl)c2)cc(Cl)c1O. The van der Waals surface area contributed by atoms with Crippen molar-refractivity contribution >= 4 is 35.3 Å². The predicted molar refractivity (Wildman–Crippen MR) is 95.5 cm³/mol. The molecule has 5 nitrogen and oxygen atoms in total. The van der Waals surface area contributed by atoms with Gasteiger partial charge in [-0.3, -0.25) is 4.79 Å². The number of hydrazone groups is 1. The Kier molecular flexibility index (Phi) is 6.06. The Labute approximate surface area is 149 Å². The summed E-state index contributed by atoms with van der Waals surface area (Å²) in [6.45, 7) is 4.03. The minimum Gasteiger partial charge on any atom is -0.503 e. The number of ether oxygens (including phenoxy) is 1. The molecule has 24 heavy (non-hydrogen) atoms. The lowest BCUT2D eigenvalue weighted by Crippen LogP contribution is -2.17. The normalized spacial score (nSPS) is 10.8. The molecule has 126 valence electrons. The van der Waals surface area contributed by atoms with Gasteiger partial charge in [-0.25, -0.2) is 5.43 Å². The first-order valence-corrected chi connectivity index (χ1v) is 7.92. The molecule has 0 heterocycles. The van der Waals surface area contributed by atoms with Crippen LogP contribution in [0.3, 0.4) is 0 Å². The number of halogens is 2. The van der Waals surface area contributed by atoms with E-state index >= 15 is 0 Å². The lowest BCUT2D eigenvalue weighted by atomic mass is 10.1. The average Bonchev–Trinajstić information content (AvgIpc) is 2.54. The summed E-state index contributed by atoms with van der Waals surface area (Å²) in [6, 6.07) is 8.08. The van der Waals surface area contributed by atoms with Gasteiger partial charge in [0.25, 0.3) is 5.91 Å². The van der Waals surface area contributed by atoms with Crippen molar-refractivity contribution in [3.05, 3.63) is 57.1 Å². The smallest absolute Gasteiger partial charge is 0.271 e. The zero-order valence-electron chi connectivity index (χ0n) is 13.1. The second kappa shape index (κ2) is 8.04. The molecule has 0 bridgehead atoms. The summed E-state index contributed by atoms with van der Waals surface area (Å²) in [5, 5.41) is 14.3. The second-order valence-electron chi connectivity index (χ2n) is 4.95. The van der Waals surface area contributed by atoms with Crippen molar-refractivity contribution in [1.82, 2.24) is 5.43 Å². The van der Waals surface area contributed by atoms with E-state index in [0.717, 1.165) is 5.56 Å². The summed E-state index contributed by atoms with van der Waals surface area (Å²) in [7, 11) is 0. The molecule has 0 atom stereocenters. The number of phenolic OH excluding ortho intramolecular Hbond substituents is 1. The molecule has 0 fully saturated rings. The maximum Gasteiger partial charge on any atom is 0.271 e. The molecule has 0 saturated carbocycles. The number of benzene rings is 2. The Morgan fingerprint density at radius 1 is 1.29 bits per heavy atom. The van der Waals surface area contributed by atoms with Crippen LogP contribution >= 0.6 is 23.2 Å². The topological polar surface area (TPSA) is 70.9 Å². The van der Waals surface area contributed by atoms with Crippen LogP contribution in [-0.4, -0.2) is 23.8 Å². The Balaban J connectivity index is 2.11. The first-order chi connectivity index (χ1) is 11.4. The molecule has 0 aliphatic carbocycles. The molecule has 0 spiro atoms. The van der Waals surface area contributed by atoms with E-state index in [9.17, 15) is 9.90 Å². The van der Waals surface area contributed by atoms with Crippen LogP contribution < -0.4 is 10.2 Å². The molecule has 1 amide bonds. The number of hydrogen-bond donors (Lipinski definition) is 2. The van der Waals surface area contributed by atoms with Crippen molar-refractivity contribution in [1.29, 1.82) is 0 Å². The minimum atomic E-state index is -0.386. The van der Waals surface area contributed by atoms with Crippen LogP contribution in [0.1, 0.15) is 28.4 Å². The summed E-state index contributed by atoms with van der Waals surface area (Å²) in [6.07, 6.45) is 1.40. The first kappa shape index (κ1) is 18.1. The molecule has 2 rings (SSSR count). The van der Waals surface area contributed by atoms with E-state index < -0.39 is 0 Å². The quantitative estimate of drug-likeness (QED) is 0.616. The number of phenols is 1. The lowest BCUT2D eigenvalue weighted by molar-refractivity contribution is 0.0955. The van der Waals surface area contributed by atoms with Gasteiger partial charge in [0.15, 0.2) is 11.5 Å². The Bertz CT molecular complexity index is 792. The van der Waals surface area contributed by atoms with E-state index in [1.165, 1.54) is 12.3 Å². The van der Waals surface area contributed by atoms with Gasteiger partial charge in [0.2, 0.25) is 0 Å². The van der Waals surface area contributed by atoms with Gasteiger partial charge in [-0.2, -0.15) is 5.10 Å². The number of aromatic hydroxyl groups is 1. The summed E-state index contributed by atoms with van der Waals surface area (Å²) in [5.74, 6) is -0.264. The zero-order chi connectivity index (χ0) is 17.7. The van der Waals surface area contributed by atoms with Crippen LogP contribution in [0.15, 0.2) is 35.4 Å². The van der Waals surface area contributed by atoms with E-state index in [1.807, 2.05) is 6.92 Å². The monoisotopic (exact) mass is 366 g/mol. The largest absolute Gasteiger partial charge is 0.503 e. The van der Waals surface area contributed by atoms with Gasteiger partial charge in [0.05, 0.1) is 17.8 Å². The van der Waals surface area contributed by atoms with Crippen molar-refractivity contribution in [2.75, 3.05) is 6.61 Å². The van der Waals surface area contributed by atoms with Crippen molar-refractivity contribution in [3.8, 4) is 11.5 Å². The molecule has 0 aliphatic rings. The lowest BCUT2D eigenvalue weighted by Gasteiger charge is -2.08. The highest BCUT2D eigenvalue weighted by Gasteiger charge is 2.09. The van der Waals surface area contributed by atoms with Crippen LogP contribution in [0.25, 0.3) is 0 Å². The Morgan fingerprint density at radius 2 is 2.04 bits per heavy atom. The Morgan fingerprint density at radius 3 is 2.71 bits per heavy atom. The van der Waals surface area contributed by atoms with Crippen molar-refractivity contribution in [3.63, 3.8) is 0 Å². The van der Waals surface area contributed by atoms with Gasteiger partial charge < -0.3 is 9.84 Å². The minimum absolute atomic E-state index is 0.131. The molecule has 0 aliphatic heterocycles. The fourth-order valence-electron chi connectivity index (χ4n) is 1.90. The molecular weight excluding hydrogens is 351 g/mol. The predicted octanol–water partition coefficient (Wildman–Crippen LogP) is 4.17. The summed E-state index contributed by atoms with van der Waals surface area (Å²) < 4.78 is 5.28. The standard InChI is InChI=1S/C17H16Cl2N2O3/c1-3-24-15-7-11(6-14(19)16(15)22)9-20-21-17(23)12-5-4-10(2)13(18)8-12/h4-9,22H,3H2,1-2H3,(H,21,23)/b20-9-. The van der Waals surface area contributed by atoms with Crippen LogP contribution in [0.2, 0.25) is 10.0 Å². The number of nitrogens with zero attached hydrogens (tertiary/aromatic N) is 1. The number of amides is 1. The highest BCUT2D eigenvalue weighted by molar-refractivity contribution is 6.32. The molecule has 7 heteroatoms. The van der Waals surface area contributed by atoms with Gasteiger partial charge >= 0.3 is 0 Å². The molecule has 0 aromatic heterocycles. The number of carbonyl (C=O) groups is 1. The van der Waals surface area contributed by atoms with Gasteiger partial charge in [-0.1, -0.05) is 29.3 Å². The van der Waals surface area contributed by atoms with E-state index in [1.54, 1.807) is 31.2 Å². The molecule has 0 radical (unpaired) electrons. The van der Waals surface area contributed by atoms with Crippen LogP contribution in [0, 0.1) is 6.92 Å². The number of hydrogen-bond acceptors (Lipinski definition) is 4. The molecular formula is C17H16Cl2N2O3. The number of rotatable bonds is 5. The summed E-state index contributed by atoms with van der Waals surface area (Å²) in [5.41, 5.74) is 4.27. The van der Waals surface area contributed by atoms with Gasteiger partial charge in [-0.15, -0.1) is 0 Å². The molecule has 2 N–H and O–H groups in total. The molecule has 0 saturated heterocycles. The summed E-state index contributed by atoms with van der Waals surface area (Å²) >= 11 is 11.9. The third-order valence-corrected chi connectivity index (χ3v) is 3.86. The number of nitrogens with one attached hydrogen (secondary N) is 1. The average molecular weight is 367 g/mol. The van der Waals surface area contributed by atoms with Crippen LogP contribution in [-0.2, 0) is 0 Å².